The van der Waals surface area contributed by atoms with E-state index < -0.39 is 0 Å². The molecule has 5 aliphatic rings. The highest BCUT2D eigenvalue weighted by Gasteiger charge is 2.51. The van der Waals surface area contributed by atoms with E-state index in [4.69, 9.17) is 0 Å². The maximum Gasteiger partial charge on any atom is 0.242 e. The number of carbonyl (C=O) groups excluding carboxylic acids is 2. The van der Waals surface area contributed by atoms with Gasteiger partial charge < -0.3 is 15.5 Å². The second-order valence-corrected chi connectivity index (χ2v) is 9.01. The van der Waals surface area contributed by atoms with Gasteiger partial charge in [0.05, 0.1) is 6.54 Å². The summed E-state index contributed by atoms with van der Waals surface area (Å²) in [5.41, 5.74) is 0.254. The van der Waals surface area contributed by atoms with Crippen LogP contribution in [0.5, 0.6) is 0 Å². The van der Waals surface area contributed by atoms with Crippen molar-refractivity contribution < 1.29 is 9.59 Å². The van der Waals surface area contributed by atoms with Crippen molar-refractivity contribution in [2.24, 2.45) is 23.2 Å². The fraction of sp³-hybridized carbons (Fsp3) is 0.895. The standard InChI is InChI=1S/C19H31N3O2.ClH/c1-13-11-20-2-3-22(13)18(24)12-21-17(23)10-19-7-14-4-15(8-19)6-16(5-14)9-19;/h13-16,20H,2-12H2,1H3,(H,21,23);1H/t13-,14?,15?,16?,19?;/m1./s1. The van der Waals surface area contributed by atoms with Gasteiger partial charge in [0.1, 0.15) is 0 Å². The van der Waals surface area contributed by atoms with E-state index in [0.717, 1.165) is 37.4 Å². The van der Waals surface area contributed by atoms with Gasteiger partial charge in [-0.05, 0) is 68.6 Å². The average Bonchev–Trinajstić information content (AvgIpc) is 2.51. The number of hydrogen-bond donors (Lipinski definition) is 2. The Morgan fingerprint density at radius 1 is 1.12 bits per heavy atom. The van der Waals surface area contributed by atoms with Crippen molar-refractivity contribution >= 4 is 24.2 Å². The van der Waals surface area contributed by atoms with Gasteiger partial charge in [0.2, 0.25) is 11.8 Å². The topological polar surface area (TPSA) is 61.4 Å². The van der Waals surface area contributed by atoms with Crippen LogP contribution < -0.4 is 10.6 Å². The van der Waals surface area contributed by atoms with Crippen LogP contribution in [0.4, 0.5) is 0 Å². The Labute approximate surface area is 157 Å². The maximum absolute atomic E-state index is 12.5. The molecule has 0 spiro atoms. The van der Waals surface area contributed by atoms with E-state index in [1.807, 2.05) is 4.90 Å². The lowest BCUT2D eigenvalue weighted by Gasteiger charge is -2.56. The third-order valence-electron chi connectivity index (χ3n) is 6.96. The van der Waals surface area contributed by atoms with Crippen molar-refractivity contribution in [2.75, 3.05) is 26.2 Å². The third kappa shape index (κ3) is 3.97. The zero-order chi connectivity index (χ0) is 16.7. The van der Waals surface area contributed by atoms with E-state index in [1.165, 1.54) is 38.5 Å². The van der Waals surface area contributed by atoms with E-state index in [1.54, 1.807) is 0 Å². The summed E-state index contributed by atoms with van der Waals surface area (Å²) in [6.45, 7) is 4.64. The van der Waals surface area contributed by atoms with Crippen molar-refractivity contribution in [1.82, 2.24) is 15.5 Å². The highest BCUT2D eigenvalue weighted by atomic mass is 35.5. The molecule has 5 rings (SSSR count). The third-order valence-corrected chi connectivity index (χ3v) is 6.96. The minimum atomic E-state index is 0. The van der Waals surface area contributed by atoms with Crippen LogP contribution >= 0.6 is 12.4 Å². The highest BCUT2D eigenvalue weighted by Crippen LogP contribution is 2.61. The van der Waals surface area contributed by atoms with Gasteiger partial charge in [-0.15, -0.1) is 12.4 Å². The Balaban J connectivity index is 0.00000182. The number of hydrogen-bond acceptors (Lipinski definition) is 3. The largest absolute Gasteiger partial charge is 0.347 e. The molecule has 5 nitrogen and oxygen atoms in total. The fourth-order valence-corrected chi connectivity index (χ4v) is 6.40. The van der Waals surface area contributed by atoms with Crippen molar-refractivity contribution in [2.45, 2.75) is 57.9 Å². The zero-order valence-electron chi connectivity index (χ0n) is 15.3. The van der Waals surface area contributed by atoms with Crippen molar-refractivity contribution in [1.29, 1.82) is 0 Å². The first kappa shape index (κ1) is 19.0. The first-order valence-electron chi connectivity index (χ1n) is 9.80. The molecule has 0 radical (unpaired) electrons. The maximum atomic E-state index is 12.5. The van der Waals surface area contributed by atoms with Gasteiger partial charge in [-0.25, -0.2) is 0 Å². The molecule has 2 N–H and O–H groups in total. The lowest BCUT2D eigenvalue weighted by molar-refractivity contribution is -0.137. The van der Waals surface area contributed by atoms with Crippen molar-refractivity contribution in [3.8, 4) is 0 Å². The Morgan fingerprint density at radius 3 is 2.28 bits per heavy atom. The van der Waals surface area contributed by atoms with Crippen LogP contribution in [-0.2, 0) is 9.59 Å². The Morgan fingerprint density at radius 2 is 1.72 bits per heavy atom. The van der Waals surface area contributed by atoms with E-state index in [-0.39, 0.29) is 42.2 Å². The summed E-state index contributed by atoms with van der Waals surface area (Å²) in [6.07, 6.45) is 8.58. The summed E-state index contributed by atoms with van der Waals surface area (Å²) in [5, 5.41) is 6.21. The lowest BCUT2D eigenvalue weighted by atomic mass is 9.49. The van der Waals surface area contributed by atoms with Gasteiger partial charge in [0.25, 0.3) is 0 Å². The molecular formula is C19H32ClN3O2. The summed E-state index contributed by atoms with van der Waals surface area (Å²) in [6, 6.07) is 0.214. The molecule has 4 bridgehead atoms. The second kappa shape index (κ2) is 7.43. The highest BCUT2D eigenvalue weighted by molar-refractivity contribution is 5.85. The van der Waals surface area contributed by atoms with Crippen LogP contribution in [0.2, 0.25) is 0 Å². The predicted molar refractivity (Wildman–Crippen MR) is 99.5 cm³/mol. The minimum absolute atomic E-state index is 0. The molecule has 1 saturated heterocycles. The smallest absolute Gasteiger partial charge is 0.242 e. The Kier molecular flexibility index (Phi) is 5.64. The van der Waals surface area contributed by atoms with Crippen LogP contribution in [0.15, 0.2) is 0 Å². The number of nitrogens with one attached hydrogen (secondary N) is 2. The first-order valence-corrected chi connectivity index (χ1v) is 9.80. The van der Waals surface area contributed by atoms with Crippen LogP contribution in [0.1, 0.15) is 51.9 Å². The molecule has 1 heterocycles. The summed E-state index contributed by atoms with van der Waals surface area (Å²) >= 11 is 0. The molecule has 25 heavy (non-hydrogen) atoms. The van der Waals surface area contributed by atoms with Gasteiger partial charge in [-0.1, -0.05) is 0 Å². The van der Waals surface area contributed by atoms with Crippen molar-refractivity contribution in [3.05, 3.63) is 0 Å². The molecule has 1 aliphatic heterocycles. The molecule has 4 aliphatic carbocycles. The number of rotatable bonds is 4. The summed E-state index contributed by atoms with van der Waals surface area (Å²) < 4.78 is 0. The molecule has 5 fully saturated rings. The average molecular weight is 370 g/mol. The predicted octanol–water partition coefficient (Wildman–Crippen LogP) is 1.95. The molecule has 6 heteroatoms. The van der Waals surface area contributed by atoms with Gasteiger partial charge in [-0.2, -0.15) is 0 Å². The van der Waals surface area contributed by atoms with E-state index in [9.17, 15) is 9.59 Å². The molecule has 0 aromatic carbocycles. The monoisotopic (exact) mass is 369 g/mol. The van der Waals surface area contributed by atoms with E-state index in [2.05, 4.69) is 17.6 Å². The first-order chi connectivity index (χ1) is 11.5. The number of halogens is 1. The van der Waals surface area contributed by atoms with Gasteiger partial charge in [0, 0.05) is 32.1 Å². The molecule has 0 aromatic rings. The summed E-state index contributed by atoms with van der Waals surface area (Å²) in [4.78, 5) is 26.8. The van der Waals surface area contributed by atoms with Crippen molar-refractivity contribution in [3.63, 3.8) is 0 Å². The quantitative estimate of drug-likeness (QED) is 0.796. The minimum Gasteiger partial charge on any atom is -0.347 e. The van der Waals surface area contributed by atoms with Gasteiger partial charge >= 0.3 is 0 Å². The normalized spacial score (nSPS) is 39.0. The van der Waals surface area contributed by atoms with Gasteiger partial charge in [0.15, 0.2) is 0 Å². The van der Waals surface area contributed by atoms with E-state index in [0.29, 0.717) is 6.42 Å². The number of piperazine rings is 1. The lowest BCUT2D eigenvalue weighted by Crippen LogP contribution is -2.54. The second-order valence-electron chi connectivity index (χ2n) is 9.01. The molecule has 1 atom stereocenters. The molecule has 0 aromatic heterocycles. The summed E-state index contributed by atoms with van der Waals surface area (Å²) in [5.74, 6) is 2.75. The van der Waals surface area contributed by atoms with Crippen LogP contribution in [-0.4, -0.2) is 48.9 Å². The van der Waals surface area contributed by atoms with E-state index >= 15 is 0 Å². The Hall–Kier alpha value is -0.810. The number of carbonyl (C=O) groups is 2. The molecule has 142 valence electrons. The summed E-state index contributed by atoms with van der Waals surface area (Å²) in [7, 11) is 0. The fourth-order valence-electron chi connectivity index (χ4n) is 6.40. The molecular weight excluding hydrogens is 338 g/mol. The van der Waals surface area contributed by atoms with Crippen LogP contribution in [0, 0.1) is 23.2 Å². The molecule has 2 amide bonds. The zero-order valence-corrected chi connectivity index (χ0v) is 16.1. The Bertz CT molecular complexity index is 490. The van der Waals surface area contributed by atoms with Gasteiger partial charge in [-0.3, -0.25) is 9.59 Å². The van der Waals surface area contributed by atoms with Crippen LogP contribution in [0.3, 0.4) is 0 Å². The molecule has 0 unspecified atom stereocenters. The van der Waals surface area contributed by atoms with Crippen LogP contribution in [0.25, 0.3) is 0 Å². The SMILES string of the molecule is C[C@@H]1CNCCN1C(=O)CNC(=O)CC12CC3CC(CC(C3)C1)C2.Cl. The number of nitrogens with zero attached hydrogens (tertiary/aromatic N) is 1. The molecule has 4 saturated carbocycles. The number of amides is 2.